The highest BCUT2D eigenvalue weighted by Crippen LogP contribution is 2.24. The molecule has 3 aromatic rings. The standard InChI is InChI=1S/C20H19ClFN3O/c1-13-11-15(14(2)25(13)19-9-4-5-10-23-19)20(26)24(3)12-16-17(21)7-6-8-18(16)22/h4-11H,12H2,1-3H3. The van der Waals surface area contributed by atoms with E-state index in [1.54, 1.807) is 25.4 Å². The molecule has 0 N–H and O–H groups in total. The summed E-state index contributed by atoms with van der Waals surface area (Å²) < 4.78 is 15.9. The van der Waals surface area contributed by atoms with Gasteiger partial charge in [-0.1, -0.05) is 23.7 Å². The quantitative estimate of drug-likeness (QED) is 0.674. The maximum Gasteiger partial charge on any atom is 0.255 e. The molecule has 134 valence electrons. The topological polar surface area (TPSA) is 38.1 Å². The van der Waals surface area contributed by atoms with Crippen LogP contribution in [0.4, 0.5) is 4.39 Å². The maximum absolute atomic E-state index is 14.0. The van der Waals surface area contributed by atoms with Crippen molar-refractivity contribution in [3.63, 3.8) is 0 Å². The van der Waals surface area contributed by atoms with Gasteiger partial charge in [-0.05, 0) is 44.2 Å². The predicted octanol–water partition coefficient (Wildman–Crippen LogP) is 4.55. The van der Waals surface area contributed by atoms with Crippen LogP contribution in [0.1, 0.15) is 27.3 Å². The van der Waals surface area contributed by atoms with E-state index < -0.39 is 5.82 Å². The first-order valence-electron chi connectivity index (χ1n) is 8.19. The summed E-state index contributed by atoms with van der Waals surface area (Å²) in [4.78, 5) is 18.7. The summed E-state index contributed by atoms with van der Waals surface area (Å²) in [6.45, 7) is 3.89. The van der Waals surface area contributed by atoms with Crippen LogP contribution in [0.5, 0.6) is 0 Å². The van der Waals surface area contributed by atoms with Crippen molar-refractivity contribution in [2.45, 2.75) is 20.4 Å². The Morgan fingerprint density at radius 3 is 2.65 bits per heavy atom. The van der Waals surface area contributed by atoms with Crippen LogP contribution in [0.2, 0.25) is 5.02 Å². The monoisotopic (exact) mass is 371 g/mol. The average molecular weight is 372 g/mol. The molecule has 0 saturated heterocycles. The fourth-order valence-corrected chi connectivity index (χ4v) is 3.24. The van der Waals surface area contributed by atoms with Crippen LogP contribution in [-0.4, -0.2) is 27.4 Å². The largest absolute Gasteiger partial charge is 0.337 e. The lowest BCUT2D eigenvalue weighted by atomic mass is 10.1. The van der Waals surface area contributed by atoms with E-state index in [4.69, 9.17) is 11.6 Å². The first-order valence-corrected chi connectivity index (χ1v) is 8.56. The molecule has 0 atom stereocenters. The van der Waals surface area contributed by atoms with Gasteiger partial charge in [-0.2, -0.15) is 0 Å². The number of carbonyl (C=O) groups excluding carboxylic acids is 1. The summed E-state index contributed by atoms with van der Waals surface area (Å²) >= 11 is 6.07. The molecule has 0 bridgehead atoms. The van der Waals surface area contributed by atoms with Crippen molar-refractivity contribution in [2.75, 3.05) is 7.05 Å². The smallest absolute Gasteiger partial charge is 0.255 e. The van der Waals surface area contributed by atoms with Crippen LogP contribution in [0.15, 0.2) is 48.7 Å². The molecule has 0 radical (unpaired) electrons. The minimum absolute atomic E-state index is 0.0948. The molecular weight excluding hydrogens is 353 g/mol. The highest BCUT2D eigenvalue weighted by Gasteiger charge is 2.21. The first-order chi connectivity index (χ1) is 12.4. The number of hydrogen-bond donors (Lipinski definition) is 0. The molecule has 1 amide bonds. The summed E-state index contributed by atoms with van der Waals surface area (Å²) in [5, 5.41) is 0.309. The van der Waals surface area contributed by atoms with Crippen molar-refractivity contribution in [3.8, 4) is 5.82 Å². The van der Waals surface area contributed by atoms with E-state index in [0.717, 1.165) is 17.2 Å². The summed E-state index contributed by atoms with van der Waals surface area (Å²) in [5.41, 5.74) is 2.56. The van der Waals surface area contributed by atoms with Gasteiger partial charge in [0.05, 0.1) is 5.56 Å². The Labute approximate surface area is 156 Å². The molecule has 0 spiro atoms. The van der Waals surface area contributed by atoms with Gasteiger partial charge in [0.25, 0.3) is 5.91 Å². The van der Waals surface area contributed by atoms with Gasteiger partial charge in [-0.25, -0.2) is 9.37 Å². The molecule has 0 unspecified atom stereocenters. The van der Waals surface area contributed by atoms with Crippen LogP contribution < -0.4 is 0 Å². The number of aryl methyl sites for hydroxylation is 1. The third kappa shape index (κ3) is 3.35. The zero-order valence-electron chi connectivity index (χ0n) is 14.8. The molecule has 4 nitrogen and oxygen atoms in total. The van der Waals surface area contributed by atoms with Gasteiger partial charge in [0.1, 0.15) is 11.6 Å². The highest BCUT2D eigenvalue weighted by molar-refractivity contribution is 6.31. The molecule has 2 heterocycles. The van der Waals surface area contributed by atoms with E-state index in [-0.39, 0.29) is 12.5 Å². The Morgan fingerprint density at radius 2 is 2.00 bits per heavy atom. The number of carbonyl (C=O) groups is 1. The second-order valence-electron chi connectivity index (χ2n) is 6.17. The molecule has 26 heavy (non-hydrogen) atoms. The maximum atomic E-state index is 14.0. The van der Waals surface area contributed by atoms with Crippen molar-refractivity contribution in [2.24, 2.45) is 0 Å². The number of benzene rings is 1. The van der Waals surface area contributed by atoms with Gasteiger partial charge < -0.3 is 9.47 Å². The molecule has 6 heteroatoms. The normalized spacial score (nSPS) is 10.8. The van der Waals surface area contributed by atoms with Gasteiger partial charge in [0, 0.05) is 41.8 Å². The van der Waals surface area contributed by atoms with Crippen molar-refractivity contribution < 1.29 is 9.18 Å². The highest BCUT2D eigenvalue weighted by atomic mass is 35.5. The van der Waals surface area contributed by atoms with Crippen molar-refractivity contribution in [3.05, 3.63) is 82.0 Å². The van der Waals surface area contributed by atoms with Crippen LogP contribution in [0.3, 0.4) is 0 Å². The number of rotatable bonds is 4. The third-order valence-electron chi connectivity index (χ3n) is 4.34. The lowest BCUT2D eigenvalue weighted by molar-refractivity contribution is 0.0783. The Morgan fingerprint density at radius 1 is 1.23 bits per heavy atom. The number of hydrogen-bond acceptors (Lipinski definition) is 2. The molecule has 3 rings (SSSR count). The van der Waals surface area contributed by atoms with E-state index in [1.165, 1.54) is 11.0 Å². The minimum Gasteiger partial charge on any atom is -0.337 e. The second-order valence-corrected chi connectivity index (χ2v) is 6.58. The predicted molar refractivity (Wildman–Crippen MR) is 100 cm³/mol. The van der Waals surface area contributed by atoms with E-state index in [0.29, 0.717) is 16.1 Å². The van der Waals surface area contributed by atoms with Crippen LogP contribution in [-0.2, 0) is 6.54 Å². The summed E-state index contributed by atoms with van der Waals surface area (Å²) in [6.07, 6.45) is 1.71. The lowest BCUT2D eigenvalue weighted by Gasteiger charge is -2.18. The molecule has 1 aromatic carbocycles. The Bertz CT molecular complexity index is 933. The molecule has 0 saturated carbocycles. The van der Waals surface area contributed by atoms with Gasteiger partial charge in [0.2, 0.25) is 0 Å². The zero-order valence-corrected chi connectivity index (χ0v) is 15.6. The van der Waals surface area contributed by atoms with Gasteiger partial charge in [-0.3, -0.25) is 4.79 Å². The van der Waals surface area contributed by atoms with Crippen molar-refractivity contribution in [1.82, 2.24) is 14.5 Å². The summed E-state index contributed by atoms with van der Waals surface area (Å²) in [6, 6.07) is 12.0. The van der Waals surface area contributed by atoms with Crippen LogP contribution in [0.25, 0.3) is 5.82 Å². The molecule has 2 aromatic heterocycles. The molecule has 0 aliphatic carbocycles. The Hall–Kier alpha value is -2.66. The fourth-order valence-electron chi connectivity index (χ4n) is 3.02. The zero-order chi connectivity index (χ0) is 18.8. The first kappa shape index (κ1) is 18.1. The third-order valence-corrected chi connectivity index (χ3v) is 4.70. The molecule has 0 fully saturated rings. The van der Waals surface area contributed by atoms with Crippen LogP contribution >= 0.6 is 11.6 Å². The second kappa shape index (κ2) is 7.30. The SMILES string of the molecule is Cc1cc(C(=O)N(C)Cc2c(F)cccc2Cl)c(C)n1-c1ccccn1. The Kier molecular flexibility index (Phi) is 5.09. The Balaban J connectivity index is 1.91. The number of amides is 1. The minimum atomic E-state index is -0.420. The van der Waals surface area contributed by atoms with Gasteiger partial charge in [0.15, 0.2) is 0 Å². The summed E-state index contributed by atoms with van der Waals surface area (Å²) in [7, 11) is 1.64. The lowest BCUT2D eigenvalue weighted by Crippen LogP contribution is -2.27. The average Bonchev–Trinajstić information content (AvgIpc) is 2.92. The van der Waals surface area contributed by atoms with E-state index in [2.05, 4.69) is 4.98 Å². The van der Waals surface area contributed by atoms with Crippen molar-refractivity contribution in [1.29, 1.82) is 0 Å². The van der Waals surface area contributed by atoms with Crippen molar-refractivity contribution >= 4 is 17.5 Å². The molecule has 0 aliphatic heterocycles. The van der Waals surface area contributed by atoms with E-state index in [1.807, 2.05) is 42.7 Å². The number of nitrogens with zero attached hydrogens (tertiary/aromatic N) is 3. The fraction of sp³-hybridized carbons (Fsp3) is 0.200. The molecular formula is C20H19ClFN3O. The number of halogens is 2. The number of aromatic nitrogens is 2. The van der Waals surface area contributed by atoms with Gasteiger partial charge in [-0.15, -0.1) is 0 Å². The van der Waals surface area contributed by atoms with Gasteiger partial charge >= 0.3 is 0 Å². The molecule has 0 aliphatic rings. The summed E-state index contributed by atoms with van der Waals surface area (Å²) in [5.74, 6) is 0.136. The van der Waals surface area contributed by atoms with E-state index in [9.17, 15) is 9.18 Å². The van der Waals surface area contributed by atoms with E-state index >= 15 is 0 Å². The number of pyridine rings is 1. The van der Waals surface area contributed by atoms with Crippen LogP contribution in [0, 0.1) is 19.7 Å².